The van der Waals surface area contributed by atoms with E-state index in [1.165, 1.54) is 4.90 Å². The summed E-state index contributed by atoms with van der Waals surface area (Å²) < 4.78 is 38.1. The van der Waals surface area contributed by atoms with Crippen molar-refractivity contribution < 1.29 is 13.2 Å². The van der Waals surface area contributed by atoms with Gasteiger partial charge < -0.3 is 5.32 Å². The maximum absolute atomic E-state index is 12.7. The van der Waals surface area contributed by atoms with E-state index in [-0.39, 0.29) is 17.5 Å². The summed E-state index contributed by atoms with van der Waals surface area (Å²) in [6, 6.07) is 0.145. The first-order valence-electron chi connectivity index (χ1n) is 8.05. The molecule has 0 aromatic rings. The van der Waals surface area contributed by atoms with Gasteiger partial charge in [0.05, 0.1) is 6.54 Å². The molecule has 1 rings (SSSR count). The Morgan fingerprint density at radius 3 is 2.24 bits per heavy atom. The predicted molar refractivity (Wildman–Crippen MR) is 81.4 cm³/mol. The van der Waals surface area contributed by atoms with E-state index in [2.05, 4.69) is 33.0 Å². The minimum absolute atomic E-state index is 0.0313. The topological polar surface area (TPSA) is 15.3 Å². The highest BCUT2D eigenvalue weighted by Gasteiger charge is 2.40. The van der Waals surface area contributed by atoms with Gasteiger partial charge in [-0.05, 0) is 50.6 Å². The summed E-state index contributed by atoms with van der Waals surface area (Å²) in [7, 11) is 1.61. The van der Waals surface area contributed by atoms with Crippen molar-refractivity contribution in [2.75, 3.05) is 20.1 Å². The number of likely N-dealkylation sites (N-methyl/N-ethyl adjacent to an activating group) is 1. The van der Waals surface area contributed by atoms with Gasteiger partial charge in [-0.25, -0.2) is 0 Å². The molecule has 1 aliphatic carbocycles. The lowest BCUT2D eigenvalue weighted by Gasteiger charge is -2.45. The molecular formula is C16H31F3N2. The van der Waals surface area contributed by atoms with E-state index >= 15 is 0 Å². The maximum atomic E-state index is 12.7. The Bertz CT molecular complexity index is 310. The van der Waals surface area contributed by atoms with Gasteiger partial charge in [-0.3, -0.25) is 4.90 Å². The Morgan fingerprint density at radius 2 is 1.76 bits per heavy atom. The van der Waals surface area contributed by atoms with E-state index in [1.54, 1.807) is 7.05 Å². The van der Waals surface area contributed by atoms with E-state index in [0.29, 0.717) is 5.92 Å². The first kappa shape index (κ1) is 18.8. The minimum Gasteiger partial charge on any atom is -0.312 e. The van der Waals surface area contributed by atoms with Gasteiger partial charge in [0, 0.05) is 12.1 Å². The zero-order valence-electron chi connectivity index (χ0n) is 14.1. The summed E-state index contributed by atoms with van der Waals surface area (Å²) in [4.78, 5) is 1.51. The molecule has 1 saturated carbocycles. The summed E-state index contributed by atoms with van der Waals surface area (Å²) in [5.74, 6) is 0.484. The van der Waals surface area contributed by atoms with Crippen LogP contribution in [0.15, 0.2) is 0 Å². The van der Waals surface area contributed by atoms with Gasteiger partial charge in [0.1, 0.15) is 0 Å². The van der Waals surface area contributed by atoms with Crippen molar-refractivity contribution in [2.24, 2.45) is 11.3 Å². The van der Waals surface area contributed by atoms with Crippen LogP contribution in [0.25, 0.3) is 0 Å². The fourth-order valence-electron chi connectivity index (χ4n) is 3.39. The van der Waals surface area contributed by atoms with Crippen LogP contribution in [0.2, 0.25) is 0 Å². The van der Waals surface area contributed by atoms with E-state index in [0.717, 1.165) is 32.2 Å². The highest BCUT2D eigenvalue weighted by atomic mass is 19.4. The number of halogens is 3. The molecule has 126 valence electrons. The second-order valence-corrected chi connectivity index (χ2v) is 7.53. The summed E-state index contributed by atoms with van der Waals surface area (Å²) in [6.07, 6.45) is -0.207. The first-order chi connectivity index (χ1) is 9.54. The first-order valence-corrected chi connectivity index (χ1v) is 8.05. The Kier molecular flexibility index (Phi) is 6.54. The second-order valence-electron chi connectivity index (χ2n) is 7.53. The van der Waals surface area contributed by atoms with E-state index < -0.39 is 12.7 Å². The minimum atomic E-state index is -4.13. The van der Waals surface area contributed by atoms with Gasteiger partial charge >= 0.3 is 6.18 Å². The smallest absolute Gasteiger partial charge is 0.312 e. The molecule has 5 heteroatoms. The molecule has 0 aromatic carbocycles. The standard InChI is InChI=1S/C16H31F3N2/c1-6-9-20-13-8-7-12(15(2,3)4)10-14(13)21(5)11-16(17,18)19/h12-14,20H,6-11H2,1-5H3. The van der Waals surface area contributed by atoms with E-state index in [1.807, 2.05) is 0 Å². The molecule has 0 aromatic heterocycles. The quantitative estimate of drug-likeness (QED) is 0.824. The van der Waals surface area contributed by atoms with Crippen LogP contribution in [0, 0.1) is 11.3 Å². The Hall–Kier alpha value is -0.290. The molecular weight excluding hydrogens is 277 g/mol. The van der Waals surface area contributed by atoms with Crippen LogP contribution in [0.1, 0.15) is 53.4 Å². The van der Waals surface area contributed by atoms with Gasteiger partial charge in [0.2, 0.25) is 0 Å². The third-order valence-corrected chi connectivity index (χ3v) is 4.69. The summed E-state index contributed by atoms with van der Waals surface area (Å²) in [5, 5.41) is 3.45. The average Bonchev–Trinajstić information content (AvgIpc) is 2.32. The van der Waals surface area contributed by atoms with Gasteiger partial charge in [0.25, 0.3) is 0 Å². The molecule has 1 N–H and O–H groups in total. The van der Waals surface area contributed by atoms with Crippen LogP contribution in [0.4, 0.5) is 13.2 Å². The van der Waals surface area contributed by atoms with Crippen LogP contribution in [0.5, 0.6) is 0 Å². The number of nitrogens with zero attached hydrogens (tertiary/aromatic N) is 1. The summed E-state index contributed by atoms with van der Waals surface area (Å²) in [6.45, 7) is 8.72. The third kappa shape index (κ3) is 6.15. The molecule has 3 unspecified atom stereocenters. The molecule has 0 saturated heterocycles. The van der Waals surface area contributed by atoms with Crippen LogP contribution < -0.4 is 5.32 Å². The maximum Gasteiger partial charge on any atom is 0.401 e. The molecule has 2 nitrogen and oxygen atoms in total. The highest BCUT2D eigenvalue weighted by Crippen LogP contribution is 2.39. The number of hydrogen-bond donors (Lipinski definition) is 1. The van der Waals surface area contributed by atoms with Crippen LogP contribution >= 0.6 is 0 Å². The lowest BCUT2D eigenvalue weighted by molar-refractivity contribution is -0.151. The molecule has 3 atom stereocenters. The predicted octanol–water partition coefficient (Wildman–Crippen LogP) is 4.06. The van der Waals surface area contributed by atoms with Crippen LogP contribution in [0.3, 0.4) is 0 Å². The van der Waals surface area contributed by atoms with Crippen molar-refractivity contribution in [1.29, 1.82) is 0 Å². The van der Waals surface area contributed by atoms with Gasteiger partial charge in [-0.15, -0.1) is 0 Å². The average molecular weight is 308 g/mol. The zero-order chi connectivity index (χ0) is 16.3. The largest absolute Gasteiger partial charge is 0.401 e. The second kappa shape index (κ2) is 7.32. The van der Waals surface area contributed by atoms with Gasteiger partial charge in [-0.2, -0.15) is 13.2 Å². The van der Waals surface area contributed by atoms with Gasteiger partial charge in [0.15, 0.2) is 0 Å². The number of alkyl halides is 3. The molecule has 0 amide bonds. The normalized spacial score (nSPS) is 28.1. The molecule has 0 aliphatic heterocycles. The fraction of sp³-hybridized carbons (Fsp3) is 1.00. The molecule has 0 spiro atoms. The molecule has 0 radical (unpaired) electrons. The Balaban J connectivity index is 2.77. The van der Waals surface area contributed by atoms with E-state index in [4.69, 9.17) is 0 Å². The lowest BCUT2D eigenvalue weighted by Crippen LogP contribution is -2.55. The summed E-state index contributed by atoms with van der Waals surface area (Å²) in [5.41, 5.74) is 0.160. The molecule has 1 fully saturated rings. The van der Waals surface area contributed by atoms with Crippen molar-refractivity contribution in [2.45, 2.75) is 71.6 Å². The number of nitrogens with one attached hydrogen (secondary N) is 1. The number of rotatable bonds is 5. The van der Waals surface area contributed by atoms with E-state index in [9.17, 15) is 13.2 Å². The van der Waals surface area contributed by atoms with Crippen molar-refractivity contribution in [3.8, 4) is 0 Å². The summed E-state index contributed by atoms with van der Waals surface area (Å²) >= 11 is 0. The monoisotopic (exact) mass is 308 g/mol. The lowest BCUT2D eigenvalue weighted by atomic mass is 9.69. The zero-order valence-corrected chi connectivity index (χ0v) is 14.1. The SMILES string of the molecule is CCCNC1CCC(C(C)(C)C)CC1N(C)CC(F)(F)F. The molecule has 0 bridgehead atoms. The van der Waals surface area contributed by atoms with Crippen molar-refractivity contribution >= 4 is 0 Å². The van der Waals surface area contributed by atoms with Gasteiger partial charge in [-0.1, -0.05) is 27.7 Å². The molecule has 1 aliphatic rings. The third-order valence-electron chi connectivity index (χ3n) is 4.69. The Labute approximate surface area is 127 Å². The van der Waals surface area contributed by atoms with Crippen molar-refractivity contribution in [3.63, 3.8) is 0 Å². The Morgan fingerprint density at radius 1 is 1.14 bits per heavy atom. The van der Waals surface area contributed by atoms with Crippen molar-refractivity contribution in [3.05, 3.63) is 0 Å². The molecule has 21 heavy (non-hydrogen) atoms. The van der Waals surface area contributed by atoms with Crippen LogP contribution in [-0.4, -0.2) is 43.3 Å². The van der Waals surface area contributed by atoms with Crippen LogP contribution in [-0.2, 0) is 0 Å². The molecule has 0 heterocycles. The fourth-order valence-corrected chi connectivity index (χ4v) is 3.39. The highest BCUT2D eigenvalue weighted by molar-refractivity contribution is 4.93. The number of hydrogen-bond acceptors (Lipinski definition) is 2. The van der Waals surface area contributed by atoms with Crippen molar-refractivity contribution in [1.82, 2.24) is 10.2 Å².